The molecule has 5 nitrogen and oxygen atoms in total. The van der Waals surface area contributed by atoms with E-state index in [1.165, 1.54) is 12.8 Å². The van der Waals surface area contributed by atoms with Crippen molar-refractivity contribution in [2.75, 3.05) is 27.3 Å². The minimum absolute atomic E-state index is 0. The Kier molecular flexibility index (Phi) is 9.22. The Hall–Kier alpha value is -1.02. The summed E-state index contributed by atoms with van der Waals surface area (Å²) in [7, 11) is 3.46. The number of hydrogen-bond donors (Lipinski definition) is 2. The van der Waals surface area contributed by atoms with Crippen LogP contribution in [0.4, 0.5) is 0 Å². The molecule has 1 unspecified atom stereocenters. The third kappa shape index (κ3) is 6.39. The van der Waals surface area contributed by atoms with Crippen LogP contribution in [0.1, 0.15) is 24.8 Å². The van der Waals surface area contributed by atoms with Gasteiger partial charge in [-0.15, -0.1) is 24.0 Å². The van der Waals surface area contributed by atoms with Crippen LogP contribution in [0.5, 0.6) is 5.75 Å². The Morgan fingerprint density at radius 2 is 2.27 bits per heavy atom. The predicted octanol–water partition coefficient (Wildman–Crippen LogP) is 2.55. The molecule has 1 aliphatic heterocycles. The fourth-order valence-corrected chi connectivity index (χ4v) is 2.41. The van der Waals surface area contributed by atoms with E-state index >= 15 is 0 Å². The lowest BCUT2D eigenvalue weighted by molar-refractivity contribution is 0.105. The molecule has 22 heavy (non-hydrogen) atoms. The second-order valence-corrected chi connectivity index (χ2v) is 5.13. The van der Waals surface area contributed by atoms with Gasteiger partial charge < -0.3 is 20.1 Å². The summed E-state index contributed by atoms with van der Waals surface area (Å²) in [5.74, 6) is 1.69. The molecule has 0 saturated carbocycles. The van der Waals surface area contributed by atoms with Gasteiger partial charge in [0.2, 0.25) is 0 Å². The Bertz CT molecular complexity index is 462. The van der Waals surface area contributed by atoms with Gasteiger partial charge in [0, 0.05) is 26.7 Å². The summed E-state index contributed by atoms with van der Waals surface area (Å²) < 4.78 is 10.8. The van der Waals surface area contributed by atoms with Crippen LogP contribution in [0.2, 0.25) is 0 Å². The summed E-state index contributed by atoms with van der Waals surface area (Å²) in [6.07, 6.45) is 3.80. The van der Waals surface area contributed by atoms with Gasteiger partial charge in [0.25, 0.3) is 0 Å². The number of aliphatic imine (C=N–C) groups is 1. The van der Waals surface area contributed by atoms with Crippen LogP contribution in [-0.4, -0.2) is 39.4 Å². The minimum Gasteiger partial charge on any atom is -0.497 e. The van der Waals surface area contributed by atoms with Crippen molar-refractivity contribution in [1.82, 2.24) is 10.6 Å². The maximum atomic E-state index is 5.61. The van der Waals surface area contributed by atoms with E-state index in [9.17, 15) is 0 Å². The smallest absolute Gasteiger partial charge is 0.191 e. The molecule has 0 radical (unpaired) electrons. The molecule has 6 heteroatoms. The van der Waals surface area contributed by atoms with E-state index in [-0.39, 0.29) is 24.0 Å². The van der Waals surface area contributed by atoms with Crippen molar-refractivity contribution in [2.45, 2.75) is 31.9 Å². The molecule has 2 rings (SSSR count). The number of methoxy groups -OCH3 is 1. The van der Waals surface area contributed by atoms with Gasteiger partial charge in [0.05, 0.1) is 13.2 Å². The van der Waals surface area contributed by atoms with Crippen molar-refractivity contribution in [2.24, 2.45) is 4.99 Å². The summed E-state index contributed by atoms with van der Waals surface area (Å²) in [5, 5.41) is 6.63. The average molecular weight is 419 g/mol. The van der Waals surface area contributed by atoms with Crippen LogP contribution >= 0.6 is 24.0 Å². The zero-order valence-corrected chi connectivity index (χ0v) is 15.6. The number of benzene rings is 1. The third-order valence-corrected chi connectivity index (χ3v) is 3.60. The van der Waals surface area contributed by atoms with Crippen LogP contribution in [-0.2, 0) is 11.3 Å². The molecular formula is C16H26IN3O2. The SMILES string of the molecule is CN=C(NCCC1CCCO1)NCc1cccc(OC)c1.I. The van der Waals surface area contributed by atoms with Crippen molar-refractivity contribution in [3.63, 3.8) is 0 Å². The van der Waals surface area contributed by atoms with Gasteiger partial charge in [-0.2, -0.15) is 0 Å². The summed E-state index contributed by atoms with van der Waals surface area (Å²) in [6, 6.07) is 8.02. The highest BCUT2D eigenvalue weighted by atomic mass is 127. The highest BCUT2D eigenvalue weighted by Gasteiger charge is 2.14. The van der Waals surface area contributed by atoms with Crippen molar-refractivity contribution in [1.29, 1.82) is 0 Å². The van der Waals surface area contributed by atoms with Gasteiger partial charge in [-0.1, -0.05) is 12.1 Å². The van der Waals surface area contributed by atoms with Crippen molar-refractivity contribution >= 4 is 29.9 Å². The van der Waals surface area contributed by atoms with Crippen LogP contribution in [0, 0.1) is 0 Å². The second-order valence-electron chi connectivity index (χ2n) is 5.13. The number of nitrogens with one attached hydrogen (secondary N) is 2. The van der Waals surface area contributed by atoms with E-state index in [1.807, 2.05) is 18.2 Å². The fraction of sp³-hybridized carbons (Fsp3) is 0.562. The molecule has 0 aliphatic carbocycles. The van der Waals surface area contributed by atoms with Crippen molar-refractivity contribution in [3.8, 4) is 5.75 Å². The van der Waals surface area contributed by atoms with Crippen LogP contribution in [0.25, 0.3) is 0 Å². The van der Waals surface area contributed by atoms with Crippen LogP contribution < -0.4 is 15.4 Å². The summed E-state index contributed by atoms with van der Waals surface area (Å²) in [6.45, 7) is 2.51. The monoisotopic (exact) mass is 419 g/mol. The lowest BCUT2D eigenvalue weighted by Gasteiger charge is -2.14. The van der Waals surface area contributed by atoms with Crippen LogP contribution in [0.15, 0.2) is 29.3 Å². The van der Waals surface area contributed by atoms with E-state index in [2.05, 4.69) is 21.7 Å². The first-order valence-electron chi connectivity index (χ1n) is 7.51. The van der Waals surface area contributed by atoms with Gasteiger partial charge in [0.1, 0.15) is 5.75 Å². The molecule has 1 fully saturated rings. The highest BCUT2D eigenvalue weighted by molar-refractivity contribution is 14.0. The third-order valence-electron chi connectivity index (χ3n) is 3.60. The highest BCUT2D eigenvalue weighted by Crippen LogP contribution is 2.14. The molecule has 0 bridgehead atoms. The van der Waals surface area contributed by atoms with Gasteiger partial charge in [-0.25, -0.2) is 0 Å². The van der Waals surface area contributed by atoms with Crippen molar-refractivity contribution < 1.29 is 9.47 Å². The maximum absolute atomic E-state index is 5.61. The van der Waals surface area contributed by atoms with Gasteiger partial charge >= 0.3 is 0 Å². The van der Waals surface area contributed by atoms with Crippen LogP contribution in [0.3, 0.4) is 0 Å². The second kappa shape index (κ2) is 10.7. The standard InChI is InChI=1S/C16H25N3O2.HI/c1-17-16(18-9-8-14-7-4-10-21-14)19-12-13-5-3-6-15(11-13)20-2;/h3,5-6,11,14H,4,7-10,12H2,1-2H3,(H2,17,18,19);1H. The quantitative estimate of drug-likeness (QED) is 0.423. The first-order valence-corrected chi connectivity index (χ1v) is 7.51. The molecular weight excluding hydrogens is 393 g/mol. The lowest BCUT2D eigenvalue weighted by Crippen LogP contribution is -2.38. The number of rotatable bonds is 6. The molecule has 1 atom stereocenters. The molecule has 0 spiro atoms. The number of hydrogen-bond acceptors (Lipinski definition) is 3. The summed E-state index contributed by atoms with van der Waals surface area (Å²) >= 11 is 0. The Morgan fingerprint density at radius 1 is 1.41 bits per heavy atom. The largest absolute Gasteiger partial charge is 0.497 e. The summed E-state index contributed by atoms with van der Waals surface area (Å²) in [4.78, 5) is 4.23. The number of guanidine groups is 1. The molecule has 1 saturated heterocycles. The lowest BCUT2D eigenvalue weighted by atomic mass is 10.2. The van der Waals surface area contributed by atoms with Gasteiger partial charge in [-0.3, -0.25) is 4.99 Å². The average Bonchev–Trinajstić information content (AvgIpc) is 3.04. The van der Waals surface area contributed by atoms with E-state index in [1.54, 1.807) is 14.2 Å². The number of halogens is 1. The Balaban J connectivity index is 0.00000242. The number of nitrogens with zero attached hydrogens (tertiary/aromatic N) is 1. The maximum Gasteiger partial charge on any atom is 0.191 e. The Labute approximate surface area is 149 Å². The molecule has 0 aromatic heterocycles. The molecule has 1 aromatic carbocycles. The molecule has 0 amide bonds. The fourth-order valence-electron chi connectivity index (χ4n) is 2.41. The Morgan fingerprint density at radius 3 is 2.95 bits per heavy atom. The molecule has 2 N–H and O–H groups in total. The molecule has 1 heterocycles. The van der Waals surface area contributed by atoms with E-state index in [0.29, 0.717) is 6.10 Å². The topological polar surface area (TPSA) is 54.9 Å². The van der Waals surface area contributed by atoms with Gasteiger partial charge in [-0.05, 0) is 37.0 Å². The normalized spacial score (nSPS) is 17.7. The van der Waals surface area contributed by atoms with E-state index in [4.69, 9.17) is 9.47 Å². The zero-order chi connectivity index (χ0) is 14.9. The van der Waals surface area contributed by atoms with Gasteiger partial charge in [0.15, 0.2) is 5.96 Å². The first kappa shape index (κ1) is 19.0. The first-order chi connectivity index (χ1) is 10.3. The van der Waals surface area contributed by atoms with Crippen molar-refractivity contribution in [3.05, 3.63) is 29.8 Å². The molecule has 1 aromatic rings. The van der Waals surface area contributed by atoms with E-state index < -0.39 is 0 Å². The predicted molar refractivity (Wildman–Crippen MR) is 100 cm³/mol. The molecule has 124 valence electrons. The summed E-state index contributed by atoms with van der Waals surface area (Å²) in [5.41, 5.74) is 1.16. The zero-order valence-electron chi connectivity index (χ0n) is 13.3. The number of ether oxygens (including phenoxy) is 2. The molecule has 1 aliphatic rings. The minimum atomic E-state index is 0. The van der Waals surface area contributed by atoms with E-state index in [0.717, 1.165) is 43.4 Å².